The van der Waals surface area contributed by atoms with Gasteiger partial charge in [-0.3, -0.25) is 0 Å². The van der Waals surface area contributed by atoms with Crippen molar-refractivity contribution in [2.24, 2.45) is 5.92 Å². The first kappa shape index (κ1) is 19.5. The first-order valence-corrected chi connectivity index (χ1v) is 10.7. The van der Waals surface area contributed by atoms with Crippen LogP contribution in [0.4, 0.5) is 0 Å². The average Bonchev–Trinajstić information content (AvgIpc) is 3.22. The summed E-state index contributed by atoms with van der Waals surface area (Å²) in [6.45, 7) is 6.81. The predicted octanol–water partition coefficient (Wildman–Crippen LogP) is 3.10. The van der Waals surface area contributed by atoms with E-state index in [1.54, 1.807) is 12.7 Å². The number of ether oxygens (including phenoxy) is 1. The fourth-order valence-corrected chi connectivity index (χ4v) is 5.51. The molecule has 152 valence electrons. The van der Waals surface area contributed by atoms with Crippen LogP contribution in [0, 0.1) is 5.92 Å². The van der Waals surface area contributed by atoms with Gasteiger partial charge in [0.25, 0.3) is 0 Å². The van der Waals surface area contributed by atoms with E-state index in [0.717, 1.165) is 38.2 Å². The van der Waals surface area contributed by atoms with Gasteiger partial charge in [-0.2, -0.15) is 0 Å². The third kappa shape index (κ3) is 3.58. The maximum Gasteiger partial charge on any atom is 0.119 e. The number of nitrogens with zero attached hydrogens (tertiary/aromatic N) is 3. The topological polar surface area (TPSA) is 42.3 Å². The molecule has 2 aromatic rings. The van der Waals surface area contributed by atoms with Crippen molar-refractivity contribution >= 4 is 0 Å². The summed E-state index contributed by atoms with van der Waals surface area (Å²) in [5.74, 6) is 1.66. The molecule has 2 heterocycles. The number of fused-ring (bicyclic) bond motifs is 4. The van der Waals surface area contributed by atoms with Crippen molar-refractivity contribution in [2.45, 2.75) is 50.6 Å². The SMILES string of the molecule is COc1ccc2c(c1)[C@@]1(CCNCCCn3ccnc3)CCN(C)[C@H](C2)[C@@H]1C. The molecule has 2 bridgehead atoms. The molecule has 1 aliphatic carbocycles. The van der Waals surface area contributed by atoms with Crippen LogP contribution in [0.1, 0.15) is 37.3 Å². The van der Waals surface area contributed by atoms with E-state index >= 15 is 0 Å². The third-order valence-corrected chi connectivity index (χ3v) is 7.28. The molecule has 1 aromatic heterocycles. The molecule has 0 unspecified atom stereocenters. The smallest absolute Gasteiger partial charge is 0.119 e. The summed E-state index contributed by atoms with van der Waals surface area (Å²) >= 11 is 0. The van der Waals surface area contributed by atoms with Gasteiger partial charge in [-0.15, -0.1) is 0 Å². The molecule has 0 saturated carbocycles. The highest BCUT2D eigenvalue weighted by atomic mass is 16.5. The van der Waals surface area contributed by atoms with Gasteiger partial charge in [-0.25, -0.2) is 4.98 Å². The minimum Gasteiger partial charge on any atom is -0.497 e. The highest BCUT2D eigenvalue weighted by Crippen LogP contribution is 2.51. The van der Waals surface area contributed by atoms with Gasteiger partial charge in [-0.05, 0) is 81.5 Å². The van der Waals surface area contributed by atoms with Crippen molar-refractivity contribution < 1.29 is 4.74 Å². The molecule has 3 atom stereocenters. The Bertz CT molecular complexity index is 775. The van der Waals surface area contributed by atoms with E-state index in [9.17, 15) is 0 Å². The summed E-state index contributed by atoms with van der Waals surface area (Å²) in [4.78, 5) is 6.69. The van der Waals surface area contributed by atoms with Crippen LogP contribution in [0.15, 0.2) is 36.9 Å². The molecule has 2 aliphatic rings. The lowest BCUT2D eigenvalue weighted by Gasteiger charge is -2.55. The molecule has 5 nitrogen and oxygen atoms in total. The molecule has 5 heteroatoms. The van der Waals surface area contributed by atoms with Gasteiger partial charge >= 0.3 is 0 Å². The minimum atomic E-state index is 0.261. The Morgan fingerprint density at radius 2 is 2.21 bits per heavy atom. The Kier molecular flexibility index (Phi) is 5.74. The van der Waals surface area contributed by atoms with Gasteiger partial charge in [0.15, 0.2) is 0 Å². The molecule has 1 saturated heterocycles. The molecule has 0 amide bonds. The molecule has 28 heavy (non-hydrogen) atoms. The Labute approximate surface area is 169 Å². The van der Waals surface area contributed by atoms with Crippen LogP contribution in [0.25, 0.3) is 0 Å². The first-order chi connectivity index (χ1) is 13.6. The summed E-state index contributed by atoms with van der Waals surface area (Å²) in [5.41, 5.74) is 3.33. The highest BCUT2D eigenvalue weighted by molar-refractivity contribution is 5.45. The van der Waals surface area contributed by atoms with E-state index in [-0.39, 0.29) is 5.41 Å². The van der Waals surface area contributed by atoms with Gasteiger partial charge in [-0.1, -0.05) is 13.0 Å². The lowest BCUT2D eigenvalue weighted by Crippen LogP contribution is -2.58. The maximum atomic E-state index is 5.58. The van der Waals surface area contributed by atoms with Gasteiger partial charge in [0.05, 0.1) is 13.4 Å². The summed E-state index contributed by atoms with van der Waals surface area (Å²) in [6.07, 6.45) is 10.5. The maximum absolute atomic E-state index is 5.58. The molecular formula is C23H34N4O. The van der Waals surface area contributed by atoms with Crippen molar-refractivity contribution in [3.8, 4) is 5.75 Å². The number of piperidine rings is 1. The van der Waals surface area contributed by atoms with Gasteiger partial charge in [0.2, 0.25) is 0 Å². The van der Waals surface area contributed by atoms with E-state index < -0.39 is 0 Å². The van der Waals surface area contributed by atoms with E-state index in [2.05, 4.69) is 51.9 Å². The number of imidazole rings is 1. The van der Waals surface area contributed by atoms with Crippen molar-refractivity contribution in [3.63, 3.8) is 0 Å². The minimum absolute atomic E-state index is 0.261. The number of likely N-dealkylation sites (N-methyl/N-ethyl adjacent to an activating group) is 1. The molecule has 0 radical (unpaired) electrons. The number of benzene rings is 1. The number of aromatic nitrogens is 2. The zero-order chi connectivity index (χ0) is 19.6. The van der Waals surface area contributed by atoms with E-state index in [1.165, 1.54) is 24.9 Å². The summed E-state index contributed by atoms with van der Waals surface area (Å²) in [6, 6.07) is 7.41. The third-order valence-electron chi connectivity index (χ3n) is 7.28. The van der Waals surface area contributed by atoms with E-state index in [0.29, 0.717) is 12.0 Å². The normalized spacial score (nSPS) is 26.8. The molecule has 0 spiro atoms. The zero-order valence-electron chi connectivity index (χ0n) is 17.5. The predicted molar refractivity (Wildman–Crippen MR) is 113 cm³/mol. The number of likely N-dealkylation sites (tertiary alicyclic amines) is 1. The van der Waals surface area contributed by atoms with E-state index in [4.69, 9.17) is 4.74 Å². The number of nitrogens with one attached hydrogen (secondary N) is 1. The number of methoxy groups -OCH3 is 1. The standard InChI is InChI=1S/C23H34N4O/c1-18-22-15-19-5-6-20(28-3)16-21(19)23(18,8-13-26(22)2)7-10-24-9-4-12-27-14-11-25-17-27/h5-6,11,14,16-18,22,24H,4,7-10,12-13,15H2,1-3H3/t18-,22+,23-/m0/s1. The van der Waals surface area contributed by atoms with Crippen molar-refractivity contribution in [1.82, 2.24) is 19.8 Å². The van der Waals surface area contributed by atoms with Crippen LogP contribution in [0.2, 0.25) is 0 Å². The largest absolute Gasteiger partial charge is 0.497 e. The van der Waals surface area contributed by atoms with Crippen LogP contribution in [-0.2, 0) is 18.4 Å². The average molecular weight is 383 g/mol. The lowest BCUT2D eigenvalue weighted by molar-refractivity contribution is 0.0360. The number of hydrogen-bond acceptors (Lipinski definition) is 4. The Morgan fingerprint density at radius 1 is 1.32 bits per heavy atom. The summed E-state index contributed by atoms with van der Waals surface area (Å²) < 4.78 is 7.73. The van der Waals surface area contributed by atoms with Crippen molar-refractivity contribution in [3.05, 3.63) is 48.0 Å². The zero-order valence-corrected chi connectivity index (χ0v) is 17.5. The second kappa shape index (κ2) is 8.26. The molecule has 1 fully saturated rings. The highest BCUT2D eigenvalue weighted by Gasteiger charge is 2.49. The molecule has 1 aliphatic heterocycles. The summed E-state index contributed by atoms with van der Waals surface area (Å²) in [5, 5.41) is 3.71. The second-order valence-corrected chi connectivity index (χ2v) is 8.62. The number of hydrogen-bond donors (Lipinski definition) is 1. The number of aryl methyl sites for hydroxylation is 1. The Hall–Kier alpha value is -1.85. The van der Waals surface area contributed by atoms with Gasteiger partial charge < -0.3 is 19.5 Å². The van der Waals surface area contributed by atoms with Crippen LogP contribution in [0.5, 0.6) is 5.75 Å². The first-order valence-electron chi connectivity index (χ1n) is 10.7. The fourth-order valence-electron chi connectivity index (χ4n) is 5.51. The van der Waals surface area contributed by atoms with Crippen molar-refractivity contribution in [2.75, 3.05) is 33.8 Å². The monoisotopic (exact) mass is 382 g/mol. The number of rotatable bonds is 8. The molecule has 4 rings (SSSR count). The lowest BCUT2D eigenvalue weighted by atomic mass is 9.56. The fraction of sp³-hybridized carbons (Fsp3) is 0.609. The Morgan fingerprint density at radius 3 is 3.00 bits per heavy atom. The van der Waals surface area contributed by atoms with Gasteiger partial charge in [0.1, 0.15) is 5.75 Å². The van der Waals surface area contributed by atoms with Crippen LogP contribution >= 0.6 is 0 Å². The van der Waals surface area contributed by atoms with Gasteiger partial charge in [0, 0.05) is 30.4 Å². The molecular weight excluding hydrogens is 348 g/mol. The molecule has 1 N–H and O–H groups in total. The summed E-state index contributed by atoms with van der Waals surface area (Å²) in [7, 11) is 4.08. The quantitative estimate of drug-likeness (QED) is 0.713. The van der Waals surface area contributed by atoms with Crippen molar-refractivity contribution in [1.29, 1.82) is 0 Å². The van der Waals surface area contributed by atoms with E-state index in [1.807, 2.05) is 18.7 Å². The Balaban J connectivity index is 1.44. The van der Waals surface area contributed by atoms with Crippen LogP contribution in [-0.4, -0.2) is 54.3 Å². The van der Waals surface area contributed by atoms with Crippen LogP contribution < -0.4 is 10.1 Å². The van der Waals surface area contributed by atoms with Crippen LogP contribution in [0.3, 0.4) is 0 Å². The molecule has 1 aromatic carbocycles. The second-order valence-electron chi connectivity index (χ2n) is 8.62.